The second-order valence-electron chi connectivity index (χ2n) is 15.0. The van der Waals surface area contributed by atoms with Gasteiger partial charge in [0.2, 0.25) is 0 Å². The number of hydrazine groups is 1. The topological polar surface area (TPSA) is 214 Å². The van der Waals surface area contributed by atoms with Crippen molar-refractivity contribution in [1.29, 1.82) is 0 Å². The number of imide groups is 1. The predicted octanol–water partition coefficient (Wildman–Crippen LogP) is 6.39. The highest BCUT2D eigenvalue weighted by atomic mass is 127. The summed E-state index contributed by atoms with van der Waals surface area (Å²) in [5, 5.41) is 13.1. The molecule has 358 valence electrons. The van der Waals surface area contributed by atoms with Gasteiger partial charge in [-0.15, -0.1) is 0 Å². The number of nitro groups is 1. The van der Waals surface area contributed by atoms with E-state index in [9.17, 15) is 73.6 Å². The van der Waals surface area contributed by atoms with Crippen LogP contribution in [-0.4, -0.2) is 93.9 Å². The Morgan fingerprint density at radius 1 is 0.642 bits per heavy atom. The zero-order chi connectivity index (χ0) is 49.6. The number of nitrogen functional groups attached to an aromatic ring is 2. The van der Waals surface area contributed by atoms with Crippen molar-refractivity contribution in [2.24, 2.45) is 5.84 Å². The minimum absolute atomic E-state index is 0.0385. The molecule has 0 aromatic heterocycles. The van der Waals surface area contributed by atoms with Gasteiger partial charge in [-0.05, 0) is 118 Å². The lowest BCUT2D eigenvalue weighted by Crippen LogP contribution is -2.48. The number of amides is 5. The first kappa shape index (κ1) is 51.5. The van der Waals surface area contributed by atoms with Crippen molar-refractivity contribution in [3.05, 3.63) is 131 Å². The summed E-state index contributed by atoms with van der Waals surface area (Å²) < 4.78 is 112. The molecule has 25 heteroatoms. The number of benzene rings is 4. The fraction of sp³-hybridized carbons (Fsp3) is 0.310. The minimum atomic E-state index is -5.05. The smallest absolute Gasteiger partial charge is 0.399 e. The van der Waals surface area contributed by atoms with Gasteiger partial charge >= 0.3 is 36.3 Å². The molecule has 6 N–H and O–H groups in total. The number of fused-ring (bicyclic) bond motifs is 4. The Hall–Kier alpha value is -6.51. The molecule has 15 nitrogen and oxygen atoms in total. The van der Waals surface area contributed by atoms with Crippen molar-refractivity contribution in [3.63, 3.8) is 0 Å². The Bertz CT molecular complexity index is 2570. The number of hydrogen-bond donors (Lipinski definition) is 4. The lowest BCUT2D eigenvalue weighted by molar-refractivity contribution is -0.384. The summed E-state index contributed by atoms with van der Waals surface area (Å²) in [4.78, 5) is 68.3. The first-order chi connectivity index (χ1) is 31.3. The number of nitrogens with two attached hydrogens (primary N) is 2. The Morgan fingerprint density at radius 2 is 1.15 bits per heavy atom. The Balaban J connectivity index is 0.000000168. The molecule has 0 saturated carbocycles. The average molecular weight is 1060 g/mol. The molecule has 0 aliphatic carbocycles. The number of nitro benzene ring substituents is 1. The van der Waals surface area contributed by atoms with Crippen LogP contribution in [0.5, 0.6) is 0 Å². The predicted molar refractivity (Wildman–Crippen MR) is 230 cm³/mol. The van der Waals surface area contributed by atoms with Crippen molar-refractivity contribution in [2.75, 3.05) is 37.3 Å². The molecular formula is C42H38F9IN8O7. The number of carbonyl (C=O) groups excluding carboxylic acids is 5. The number of hydrogen-bond acceptors (Lipinski definition) is 10. The van der Waals surface area contributed by atoms with Crippen LogP contribution in [0, 0.1) is 13.7 Å². The van der Waals surface area contributed by atoms with Crippen molar-refractivity contribution < 1.29 is 68.4 Å². The van der Waals surface area contributed by atoms with Crippen molar-refractivity contribution in [2.45, 2.75) is 57.3 Å². The fourth-order valence-electron chi connectivity index (χ4n) is 7.23. The molecule has 5 amide bonds. The van der Waals surface area contributed by atoms with Crippen molar-refractivity contribution >= 4 is 69.2 Å². The zero-order valence-corrected chi connectivity index (χ0v) is 36.7. The molecule has 4 heterocycles. The molecule has 0 bridgehead atoms. The lowest BCUT2D eigenvalue weighted by Gasteiger charge is -2.29. The van der Waals surface area contributed by atoms with E-state index in [4.69, 9.17) is 11.6 Å². The first-order valence-electron chi connectivity index (χ1n) is 19.7. The molecule has 0 fully saturated rings. The highest BCUT2D eigenvalue weighted by Gasteiger charge is 2.47. The molecule has 67 heavy (non-hydrogen) atoms. The molecule has 4 aromatic carbocycles. The normalized spacial score (nSPS) is 15.2. The minimum Gasteiger partial charge on any atom is -0.399 e. The zero-order valence-electron chi connectivity index (χ0n) is 34.6. The van der Waals surface area contributed by atoms with Crippen LogP contribution >= 0.6 is 22.6 Å². The lowest BCUT2D eigenvalue weighted by atomic mass is 9.98. The summed E-state index contributed by atoms with van der Waals surface area (Å²) in [5.74, 6) is -1.62. The molecule has 0 unspecified atom stereocenters. The van der Waals surface area contributed by atoms with Crippen LogP contribution in [0.1, 0.15) is 54.1 Å². The molecular weight excluding hydrogens is 1030 g/mol. The van der Waals surface area contributed by atoms with Gasteiger partial charge in [0, 0.05) is 77.5 Å². The third-order valence-corrected chi connectivity index (χ3v) is 11.2. The second kappa shape index (κ2) is 21.0. The second-order valence-corrected chi connectivity index (χ2v) is 16.3. The number of rotatable bonds is 2. The van der Waals surface area contributed by atoms with Gasteiger partial charge in [0.05, 0.1) is 4.92 Å². The van der Waals surface area contributed by atoms with Crippen LogP contribution < -0.4 is 22.3 Å². The maximum Gasteiger partial charge on any atom is 0.471 e. The summed E-state index contributed by atoms with van der Waals surface area (Å²) in [6, 6.07) is 19.7. The van der Waals surface area contributed by atoms with Crippen molar-refractivity contribution in [1.82, 2.24) is 20.0 Å². The summed E-state index contributed by atoms with van der Waals surface area (Å²) in [6.07, 6.45) is -12.8. The quantitative estimate of drug-likeness (QED) is 0.0433. The van der Waals surface area contributed by atoms with Gasteiger partial charge in [-0.25, -0.2) is 0 Å². The van der Waals surface area contributed by atoms with Crippen molar-refractivity contribution in [3.8, 4) is 0 Å². The van der Waals surface area contributed by atoms with Crippen LogP contribution in [0.3, 0.4) is 0 Å². The van der Waals surface area contributed by atoms with E-state index in [1.54, 1.807) is 36.4 Å². The SMILES string of the molecule is NNc1ccc2c(c1)CN(C(=O)C(F)(F)F)CC2.Nc1ccc2c(c1)C(=O)N(C(=O)C(F)(F)F)CC2.O=C(N1CCc2ccc(I)cc2C1)C(F)(F)F.O=C1NCCc2ccc([N+](=O)[O-])cc21. The number of non-ortho nitro benzene ring substituents is 1. The number of carbonyl (C=O) groups is 5. The highest BCUT2D eigenvalue weighted by Crippen LogP contribution is 2.29. The van der Waals surface area contributed by atoms with Gasteiger partial charge in [0.1, 0.15) is 0 Å². The Kier molecular flexibility index (Phi) is 16.1. The van der Waals surface area contributed by atoms with Gasteiger partial charge in [-0.3, -0.25) is 44.8 Å². The Labute approximate surface area is 387 Å². The molecule has 8 rings (SSSR count). The van der Waals surface area contributed by atoms with E-state index in [1.807, 2.05) is 18.2 Å². The number of alkyl halides is 9. The number of halogens is 10. The monoisotopic (exact) mass is 1060 g/mol. The molecule has 0 spiro atoms. The highest BCUT2D eigenvalue weighted by molar-refractivity contribution is 14.1. The number of anilines is 2. The van der Waals surface area contributed by atoms with E-state index in [2.05, 4.69) is 33.3 Å². The van der Waals surface area contributed by atoms with Crippen LogP contribution in [0.25, 0.3) is 0 Å². The largest absolute Gasteiger partial charge is 0.471 e. The average Bonchev–Trinajstić information content (AvgIpc) is 3.27. The molecule has 0 saturated heterocycles. The van der Waals surface area contributed by atoms with Gasteiger partial charge in [0.15, 0.2) is 0 Å². The van der Waals surface area contributed by atoms with E-state index in [1.165, 1.54) is 18.2 Å². The molecule has 4 aliphatic heterocycles. The third kappa shape index (κ3) is 13.1. The summed E-state index contributed by atoms with van der Waals surface area (Å²) in [6.45, 7) is 0.554. The number of nitrogens with one attached hydrogen (secondary N) is 2. The third-order valence-electron chi connectivity index (χ3n) is 10.6. The standard InChI is InChI=1S/C11H9F3INO.C11H12F3N3O.C11H9F3N2O2.C9H8N2O3/c12-11(13,14)10(17)16-4-3-7-1-2-9(15)5-8(7)6-16;12-11(13,14)10(18)17-4-3-7-1-2-9(16-15)5-8(7)6-17;12-11(13,14)10(18)16-4-3-6-1-2-7(15)5-8(6)9(16)17;12-9-8-5-7(11(13)14)2-1-6(8)3-4-10-9/h1-2,5H,3-4,6H2;1-2,5,16H,3-4,6,15H2;1-2,5H,3-4,15H2;1-2,5H,3-4H2,(H,10,12). The fourth-order valence-corrected chi connectivity index (χ4v) is 7.78. The van der Waals surface area contributed by atoms with E-state index >= 15 is 0 Å². The summed E-state index contributed by atoms with van der Waals surface area (Å²) in [5.41, 5.74) is 14.1. The molecule has 4 aromatic rings. The molecule has 4 aliphatic rings. The van der Waals surface area contributed by atoms with Crippen LogP contribution in [-0.2, 0) is 53.2 Å². The van der Waals surface area contributed by atoms with Gasteiger partial charge in [-0.1, -0.05) is 24.3 Å². The van der Waals surface area contributed by atoms with Crippen LogP contribution in [0.15, 0.2) is 72.8 Å². The Morgan fingerprint density at radius 3 is 1.70 bits per heavy atom. The van der Waals surface area contributed by atoms with E-state index in [0.717, 1.165) is 42.0 Å². The van der Waals surface area contributed by atoms with Crippen LogP contribution in [0.4, 0.5) is 56.6 Å². The van der Waals surface area contributed by atoms with Gasteiger partial charge in [0.25, 0.3) is 17.5 Å². The molecule has 0 radical (unpaired) electrons. The summed E-state index contributed by atoms with van der Waals surface area (Å²) in [7, 11) is 0. The maximum absolute atomic E-state index is 12.3. The van der Waals surface area contributed by atoms with Crippen LogP contribution in [0.2, 0.25) is 0 Å². The maximum atomic E-state index is 12.3. The number of nitrogens with zero attached hydrogens (tertiary/aromatic N) is 4. The molecule has 0 atom stereocenters. The van der Waals surface area contributed by atoms with E-state index < -0.39 is 47.1 Å². The van der Waals surface area contributed by atoms with Gasteiger partial charge < -0.3 is 26.3 Å². The summed E-state index contributed by atoms with van der Waals surface area (Å²) >= 11 is 2.10. The first-order valence-corrected chi connectivity index (χ1v) is 20.8. The van der Waals surface area contributed by atoms with E-state index in [0.29, 0.717) is 41.8 Å². The van der Waals surface area contributed by atoms with Gasteiger partial charge in [-0.2, -0.15) is 39.5 Å². The van der Waals surface area contributed by atoms with E-state index in [-0.39, 0.29) is 66.9 Å².